The first-order valence-electron chi connectivity index (χ1n) is 7.12. The van der Waals surface area contributed by atoms with Gasteiger partial charge in [-0.3, -0.25) is 0 Å². The number of nitrogens with zero attached hydrogens (tertiary/aromatic N) is 1. The number of anilines is 1. The van der Waals surface area contributed by atoms with Crippen LogP contribution in [-0.4, -0.2) is 24.1 Å². The molecule has 0 aliphatic heterocycles. The van der Waals surface area contributed by atoms with E-state index in [1.54, 1.807) is 12.3 Å². The van der Waals surface area contributed by atoms with Crippen molar-refractivity contribution in [2.45, 2.75) is 32.6 Å². The minimum Gasteiger partial charge on any atom is -0.461 e. The lowest BCUT2D eigenvalue weighted by Crippen LogP contribution is -2.20. The van der Waals surface area contributed by atoms with Gasteiger partial charge in [0, 0.05) is 11.9 Å². The van der Waals surface area contributed by atoms with Gasteiger partial charge >= 0.3 is 5.97 Å². The summed E-state index contributed by atoms with van der Waals surface area (Å²) in [7, 11) is 0. The number of carbonyl (C=O) groups excluding carboxylic acids is 1. The van der Waals surface area contributed by atoms with Crippen molar-refractivity contribution in [1.29, 1.82) is 0 Å². The molecular formula is C14H20N2O2S. The Bertz CT molecular complexity index is 460. The predicted molar refractivity (Wildman–Crippen MR) is 75.5 cm³/mol. The highest BCUT2D eigenvalue weighted by molar-refractivity contribution is 7.13. The van der Waals surface area contributed by atoms with Gasteiger partial charge in [0.1, 0.15) is 0 Å². The Morgan fingerprint density at radius 3 is 3.11 bits per heavy atom. The van der Waals surface area contributed by atoms with Crippen molar-refractivity contribution in [1.82, 2.24) is 4.98 Å². The van der Waals surface area contributed by atoms with E-state index < -0.39 is 0 Å². The summed E-state index contributed by atoms with van der Waals surface area (Å²) < 4.78 is 4.94. The Morgan fingerprint density at radius 2 is 2.42 bits per heavy atom. The quantitative estimate of drug-likeness (QED) is 0.842. The molecule has 2 aliphatic carbocycles. The summed E-state index contributed by atoms with van der Waals surface area (Å²) in [6.07, 6.45) is 5.64. The van der Waals surface area contributed by atoms with Gasteiger partial charge in [0.2, 0.25) is 0 Å². The van der Waals surface area contributed by atoms with E-state index in [-0.39, 0.29) is 5.97 Å². The second-order valence-corrected chi connectivity index (χ2v) is 6.43. The lowest BCUT2D eigenvalue weighted by Gasteiger charge is -2.21. The second kappa shape index (κ2) is 5.49. The van der Waals surface area contributed by atoms with Gasteiger partial charge in [-0.15, -0.1) is 11.3 Å². The molecule has 1 heterocycles. The van der Waals surface area contributed by atoms with Crippen molar-refractivity contribution in [3.05, 3.63) is 11.1 Å². The van der Waals surface area contributed by atoms with Gasteiger partial charge in [-0.25, -0.2) is 9.78 Å². The fraction of sp³-hybridized carbons (Fsp3) is 0.714. The van der Waals surface area contributed by atoms with Crippen LogP contribution in [0.15, 0.2) is 5.38 Å². The van der Waals surface area contributed by atoms with Crippen LogP contribution >= 0.6 is 11.3 Å². The molecule has 4 nitrogen and oxygen atoms in total. The van der Waals surface area contributed by atoms with E-state index in [0.29, 0.717) is 12.3 Å². The van der Waals surface area contributed by atoms with E-state index in [1.165, 1.54) is 37.0 Å². The molecule has 104 valence electrons. The van der Waals surface area contributed by atoms with Gasteiger partial charge in [-0.05, 0) is 43.9 Å². The maximum absolute atomic E-state index is 11.5. The summed E-state index contributed by atoms with van der Waals surface area (Å²) in [6.45, 7) is 3.19. The molecule has 3 rings (SSSR count). The molecule has 3 unspecified atom stereocenters. The number of fused-ring (bicyclic) bond motifs is 2. The van der Waals surface area contributed by atoms with Crippen LogP contribution in [0.2, 0.25) is 0 Å². The Morgan fingerprint density at radius 1 is 1.53 bits per heavy atom. The lowest BCUT2D eigenvalue weighted by molar-refractivity contribution is 0.0520. The third-order valence-corrected chi connectivity index (χ3v) is 5.19. The zero-order chi connectivity index (χ0) is 13.2. The summed E-state index contributed by atoms with van der Waals surface area (Å²) in [6, 6.07) is 0. The average Bonchev–Trinajstić information content (AvgIpc) is 3.12. The Balaban J connectivity index is 1.52. The number of hydrogen-bond donors (Lipinski definition) is 1. The van der Waals surface area contributed by atoms with E-state index in [9.17, 15) is 4.79 Å². The molecule has 0 saturated heterocycles. The number of esters is 1. The normalized spacial score (nSPS) is 28.6. The van der Waals surface area contributed by atoms with Crippen LogP contribution in [0.4, 0.5) is 5.13 Å². The summed E-state index contributed by atoms with van der Waals surface area (Å²) in [5.41, 5.74) is 0.419. The molecule has 2 aliphatic rings. The third kappa shape index (κ3) is 2.76. The van der Waals surface area contributed by atoms with E-state index in [0.717, 1.165) is 29.4 Å². The van der Waals surface area contributed by atoms with Gasteiger partial charge in [-0.2, -0.15) is 0 Å². The maximum atomic E-state index is 11.5. The van der Waals surface area contributed by atoms with Crippen LogP contribution in [0, 0.1) is 17.8 Å². The first-order valence-corrected chi connectivity index (χ1v) is 8.00. The number of thiazole rings is 1. The van der Waals surface area contributed by atoms with E-state index in [2.05, 4.69) is 10.3 Å². The first kappa shape index (κ1) is 12.9. The van der Waals surface area contributed by atoms with Gasteiger partial charge in [0.05, 0.1) is 6.61 Å². The van der Waals surface area contributed by atoms with Crippen LogP contribution in [0.25, 0.3) is 0 Å². The summed E-state index contributed by atoms with van der Waals surface area (Å²) in [4.78, 5) is 15.8. The van der Waals surface area contributed by atoms with Gasteiger partial charge in [-0.1, -0.05) is 6.42 Å². The molecule has 0 aromatic carbocycles. The topological polar surface area (TPSA) is 51.2 Å². The maximum Gasteiger partial charge on any atom is 0.357 e. The number of aromatic nitrogens is 1. The average molecular weight is 280 g/mol. The zero-order valence-corrected chi connectivity index (χ0v) is 12.0. The van der Waals surface area contributed by atoms with Crippen LogP contribution in [0.1, 0.15) is 43.1 Å². The second-order valence-electron chi connectivity index (χ2n) is 5.57. The predicted octanol–water partition coefficient (Wildman–Crippen LogP) is 3.17. The van der Waals surface area contributed by atoms with Crippen molar-refractivity contribution in [3.63, 3.8) is 0 Å². The minimum absolute atomic E-state index is 0.327. The standard InChI is InChI=1S/C14H20N2O2S/c1-2-18-13(17)12-8-19-14(16-12)15-7-11-6-9-3-4-10(11)5-9/h8-11H,2-7H2,1H3,(H,15,16). The summed E-state index contributed by atoms with van der Waals surface area (Å²) >= 11 is 1.48. The smallest absolute Gasteiger partial charge is 0.357 e. The van der Waals surface area contributed by atoms with E-state index in [1.807, 2.05) is 0 Å². The molecule has 5 heteroatoms. The molecule has 1 aromatic rings. The van der Waals surface area contributed by atoms with Crippen molar-refractivity contribution in [2.24, 2.45) is 17.8 Å². The Hall–Kier alpha value is -1.10. The van der Waals surface area contributed by atoms with Gasteiger partial charge in [0.25, 0.3) is 0 Å². The van der Waals surface area contributed by atoms with Crippen molar-refractivity contribution in [3.8, 4) is 0 Å². The summed E-state index contributed by atoms with van der Waals surface area (Å²) in [5, 5.41) is 5.99. The van der Waals surface area contributed by atoms with Crippen LogP contribution in [0.3, 0.4) is 0 Å². The number of rotatable bonds is 5. The fourth-order valence-electron chi connectivity index (χ4n) is 3.50. The molecule has 1 aromatic heterocycles. The molecule has 19 heavy (non-hydrogen) atoms. The highest BCUT2D eigenvalue weighted by atomic mass is 32.1. The Labute approximate surface area is 117 Å². The highest BCUT2D eigenvalue weighted by Gasteiger charge is 2.39. The van der Waals surface area contributed by atoms with Gasteiger partial charge in [0.15, 0.2) is 10.8 Å². The highest BCUT2D eigenvalue weighted by Crippen LogP contribution is 2.48. The molecule has 2 fully saturated rings. The van der Waals surface area contributed by atoms with Crippen molar-refractivity contribution in [2.75, 3.05) is 18.5 Å². The van der Waals surface area contributed by atoms with Crippen LogP contribution in [-0.2, 0) is 4.74 Å². The van der Waals surface area contributed by atoms with Crippen LogP contribution in [0.5, 0.6) is 0 Å². The number of carbonyl (C=O) groups is 1. The number of nitrogens with one attached hydrogen (secondary N) is 1. The molecular weight excluding hydrogens is 260 g/mol. The van der Waals surface area contributed by atoms with E-state index >= 15 is 0 Å². The lowest BCUT2D eigenvalue weighted by atomic mass is 9.89. The molecule has 2 bridgehead atoms. The number of hydrogen-bond acceptors (Lipinski definition) is 5. The molecule has 0 amide bonds. The zero-order valence-electron chi connectivity index (χ0n) is 11.2. The molecule has 3 atom stereocenters. The molecule has 0 spiro atoms. The largest absolute Gasteiger partial charge is 0.461 e. The summed E-state index contributed by atoms with van der Waals surface area (Å²) in [5.74, 6) is 2.37. The monoisotopic (exact) mass is 280 g/mol. The Kier molecular flexibility index (Phi) is 3.73. The van der Waals surface area contributed by atoms with Crippen molar-refractivity contribution >= 4 is 22.4 Å². The fourth-order valence-corrected chi connectivity index (χ4v) is 4.19. The van der Waals surface area contributed by atoms with Crippen LogP contribution < -0.4 is 5.32 Å². The third-order valence-electron chi connectivity index (χ3n) is 4.39. The minimum atomic E-state index is -0.327. The van der Waals surface area contributed by atoms with Crippen molar-refractivity contribution < 1.29 is 9.53 Å². The SMILES string of the molecule is CCOC(=O)c1csc(NCC2CC3CCC2C3)n1. The number of ether oxygens (including phenoxy) is 1. The molecule has 0 radical (unpaired) electrons. The van der Waals surface area contributed by atoms with E-state index in [4.69, 9.17) is 4.74 Å². The molecule has 1 N–H and O–H groups in total. The van der Waals surface area contributed by atoms with Gasteiger partial charge < -0.3 is 10.1 Å². The molecule has 2 saturated carbocycles. The first-order chi connectivity index (χ1) is 9.26.